The van der Waals surface area contributed by atoms with Gasteiger partial charge in [0.05, 0.1) is 0 Å². The lowest BCUT2D eigenvalue weighted by Gasteiger charge is -2.22. The molecule has 0 N–H and O–H groups in total. The maximum Gasteiger partial charge on any atom is 0.298 e. The van der Waals surface area contributed by atoms with Crippen molar-refractivity contribution >= 4 is 17.1 Å². The lowest BCUT2D eigenvalue weighted by molar-refractivity contribution is 0.324. The van der Waals surface area contributed by atoms with Crippen LogP contribution >= 0.6 is 0 Å². The van der Waals surface area contributed by atoms with Crippen LogP contribution in [-0.4, -0.2) is 18.1 Å². The predicted molar refractivity (Wildman–Crippen MR) is 73.9 cm³/mol. The van der Waals surface area contributed by atoms with Crippen molar-refractivity contribution in [1.82, 2.24) is 4.98 Å². The summed E-state index contributed by atoms with van der Waals surface area (Å²) in [5.41, 5.74) is 2.29. The third-order valence-corrected chi connectivity index (χ3v) is 3.89. The first-order valence-corrected chi connectivity index (χ1v) is 6.75. The van der Waals surface area contributed by atoms with Gasteiger partial charge in [0.25, 0.3) is 6.01 Å². The number of hydrogen-bond acceptors (Lipinski definition) is 3. The number of oxazole rings is 1. The van der Waals surface area contributed by atoms with Crippen LogP contribution in [0.3, 0.4) is 0 Å². The standard InChI is InChI=1S/C15H20N2O/c1-15(2)8-5-10-17(11-9-15)14-16-12-6-3-4-7-13(12)18-14/h3-4,6-7H,5,8-11H2,1-2H3. The van der Waals surface area contributed by atoms with Gasteiger partial charge in [-0.1, -0.05) is 26.0 Å². The first kappa shape index (κ1) is 11.6. The van der Waals surface area contributed by atoms with Crippen LogP contribution in [0.15, 0.2) is 28.7 Å². The van der Waals surface area contributed by atoms with Crippen LogP contribution in [0.1, 0.15) is 33.1 Å². The molecule has 0 spiro atoms. The van der Waals surface area contributed by atoms with E-state index in [1.165, 1.54) is 19.3 Å². The Labute approximate surface area is 108 Å². The van der Waals surface area contributed by atoms with E-state index in [0.29, 0.717) is 5.41 Å². The van der Waals surface area contributed by atoms with E-state index in [1.54, 1.807) is 0 Å². The van der Waals surface area contributed by atoms with Crippen molar-refractivity contribution in [3.63, 3.8) is 0 Å². The highest BCUT2D eigenvalue weighted by Crippen LogP contribution is 2.32. The summed E-state index contributed by atoms with van der Waals surface area (Å²) in [5, 5.41) is 0. The topological polar surface area (TPSA) is 29.3 Å². The normalized spacial score (nSPS) is 20.0. The molecule has 1 saturated heterocycles. The van der Waals surface area contributed by atoms with E-state index in [2.05, 4.69) is 23.7 Å². The molecule has 1 aromatic heterocycles. The van der Waals surface area contributed by atoms with E-state index in [4.69, 9.17) is 4.42 Å². The van der Waals surface area contributed by atoms with E-state index in [0.717, 1.165) is 30.2 Å². The molecular weight excluding hydrogens is 224 g/mol. The Kier molecular flexibility index (Phi) is 2.77. The van der Waals surface area contributed by atoms with Crippen molar-refractivity contribution in [3.05, 3.63) is 24.3 Å². The van der Waals surface area contributed by atoms with Crippen molar-refractivity contribution in [2.45, 2.75) is 33.1 Å². The Bertz CT molecular complexity index is 511. The molecule has 0 radical (unpaired) electrons. The maximum absolute atomic E-state index is 5.85. The molecule has 0 unspecified atom stereocenters. The van der Waals surface area contributed by atoms with Crippen LogP contribution in [0.5, 0.6) is 0 Å². The van der Waals surface area contributed by atoms with E-state index >= 15 is 0 Å². The fourth-order valence-corrected chi connectivity index (χ4v) is 2.61. The number of rotatable bonds is 1. The Hall–Kier alpha value is -1.51. The van der Waals surface area contributed by atoms with E-state index in [-0.39, 0.29) is 0 Å². The minimum absolute atomic E-state index is 0.445. The van der Waals surface area contributed by atoms with Crippen molar-refractivity contribution in [2.75, 3.05) is 18.0 Å². The molecule has 96 valence electrons. The lowest BCUT2D eigenvalue weighted by atomic mass is 9.85. The van der Waals surface area contributed by atoms with E-state index < -0.39 is 0 Å². The molecule has 0 aliphatic carbocycles. The molecule has 3 heteroatoms. The summed E-state index contributed by atoms with van der Waals surface area (Å²) >= 11 is 0. The number of hydrogen-bond donors (Lipinski definition) is 0. The summed E-state index contributed by atoms with van der Waals surface area (Å²) in [6.45, 7) is 6.79. The first-order chi connectivity index (χ1) is 8.64. The van der Waals surface area contributed by atoms with Gasteiger partial charge in [0.1, 0.15) is 5.52 Å². The van der Waals surface area contributed by atoms with E-state index in [9.17, 15) is 0 Å². The average molecular weight is 244 g/mol. The van der Waals surface area contributed by atoms with Crippen LogP contribution in [0, 0.1) is 5.41 Å². The summed E-state index contributed by atoms with van der Waals surface area (Å²) in [7, 11) is 0. The second kappa shape index (κ2) is 4.30. The lowest BCUT2D eigenvalue weighted by Crippen LogP contribution is -2.25. The molecule has 0 saturated carbocycles. The van der Waals surface area contributed by atoms with Gasteiger partial charge in [-0.15, -0.1) is 0 Å². The molecule has 18 heavy (non-hydrogen) atoms. The Morgan fingerprint density at radius 1 is 1.17 bits per heavy atom. The molecule has 3 nitrogen and oxygen atoms in total. The molecule has 0 amide bonds. The summed E-state index contributed by atoms with van der Waals surface area (Å²) in [6, 6.07) is 8.76. The molecule has 1 fully saturated rings. The SMILES string of the molecule is CC1(C)CCCN(c2nc3ccccc3o2)CC1. The van der Waals surface area contributed by atoms with Crippen LogP contribution < -0.4 is 4.90 Å². The van der Waals surface area contributed by atoms with Crippen molar-refractivity contribution < 1.29 is 4.42 Å². The molecule has 2 aromatic rings. The van der Waals surface area contributed by atoms with Crippen LogP contribution in [0.4, 0.5) is 6.01 Å². The minimum atomic E-state index is 0.445. The van der Waals surface area contributed by atoms with Gasteiger partial charge >= 0.3 is 0 Å². The number of para-hydroxylation sites is 2. The summed E-state index contributed by atoms with van der Waals surface area (Å²) in [5.74, 6) is 0. The second-order valence-electron chi connectivity index (χ2n) is 5.97. The average Bonchev–Trinajstić information content (AvgIpc) is 2.68. The van der Waals surface area contributed by atoms with Gasteiger partial charge in [-0.25, -0.2) is 0 Å². The molecule has 0 bridgehead atoms. The van der Waals surface area contributed by atoms with Gasteiger partial charge in [0.2, 0.25) is 0 Å². The third kappa shape index (κ3) is 2.22. The minimum Gasteiger partial charge on any atom is -0.423 e. The Morgan fingerprint density at radius 2 is 2.00 bits per heavy atom. The molecule has 0 atom stereocenters. The summed E-state index contributed by atoms with van der Waals surface area (Å²) in [6.07, 6.45) is 3.70. The largest absolute Gasteiger partial charge is 0.423 e. The molecule has 1 aromatic carbocycles. The second-order valence-corrected chi connectivity index (χ2v) is 5.97. The molecular formula is C15H20N2O. The monoisotopic (exact) mass is 244 g/mol. The van der Waals surface area contributed by atoms with Crippen molar-refractivity contribution in [3.8, 4) is 0 Å². The summed E-state index contributed by atoms with van der Waals surface area (Å²) < 4.78 is 5.85. The molecule has 1 aliphatic heterocycles. The van der Waals surface area contributed by atoms with Crippen LogP contribution in [0.2, 0.25) is 0 Å². The molecule has 3 rings (SSSR count). The van der Waals surface area contributed by atoms with Gasteiger partial charge in [0.15, 0.2) is 5.58 Å². The predicted octanol–water partition coefficient (Wildman–Crippen LogP) is 3.84. The number of anilines is 1. The number of nitrogens with zero attached hydrogens (tertiary/aromatic N) is 2. The fraction of sp³-hybridized carbons (Fsp3) is 0.533. The first-order valence-electron chi connectivity index (χ1n) is 6.75. The van der Waals surface area contributed by atoms with Gasteiger partial charge in [0, 0.05) is 13.1 Å². The van der Waals surface area contributed by atoms with Gasteiger partial charge in [-0.05, 0) is 36.8 Å². The van der Waals surface area contributed by atoms with Gasteiger partial charge in [-0.3, -0.25) is 0 Å². The van der Waals surface area contributed by atoms with Crippen molar-refractivity contribution in [1.29, 1.82) is 0 Å². The maximum atomic E-state index is 5.85. The van der Waals surface area contributed by atoms with Crippen LogP contribution in [-0.2, 0) is 0 Å². The zero-order valence-electron chi connectivity index (χ0n) is 11.1. The van der Waals surface area contributed by atoms with Crippen LogP contribution in [0.25, 0.3) is 11.1 Å². The zero-order valence-corrected chi connectivity index (χ0v) is 11.1. The highest BCUT2D eigenvalue weighted by atomic mass is 16.4. The van der Waals surface area contributed by atoms with Gasteiger partial charge < -0.3 is 9.32 Å². The number of benzene rings is 1. The smallest absolute Gasteiger partial charge is 0.298 e. The fourth-order valence-electron chi connectivity index (χ4n) is 2.61. The van der Waals surface area contributed by atoms with Crippen molar-refractivity contribution in [2.24, 2.45) is 5.41 Å². The molecule has 2 heterocycles. The quantitative estimate of drug-likeness (QED) is 0.763. The number of aromatic nitrogens is 1. The molecule has 1 aliphatic rings. The highest BCUT2D eigenvalue weighted by Gasteiger charge is 2.25. The Morgan fingerprint density at radius 3 is 2.83 bits per heavy atom. The highest BCUT2D eigenvalue weighted by molar-refractivity contribution is 5.74. The zero-order chi connectivity index (χ0) is 12.6. The van der Waals surface area contributed by atoms with Gasteiger partial charge in [-0.2, -0.15) is 4.98 Å². The number of fused-ring (bicyclic) bond motifs is 1. The third-order valence-electron chi connectivity index (χ3n) is 3.89. The Balaban J connectivity index is 1.85. The summed E-state index contributed by atoms with van der Waals surface area (Å²) in [4.78, 5) is 6.87. The van der Waals surface area contributed by atoms with E-state index in [1.807, 2.05) is 24.3 Å².